The molecule has 0 saturated heterocycles. The first kappa shape index (κ1) is 12.5. The molecule has 2 N–H and O–H groups in total. The number of aromatic nitrogens is 1. The molecular weight excluding hydrogens is 234 g/mol. The molecule has 1 atom stereocenters. The van der Waals surface area contributed by atoms with Crippen molar-refractivity contribution in [2.45, 2.75) is 38.6 Å². The van der Waals surface area contributed by atoms with Crippen LogP contribution in [0.2, 0.25) is 0 Å². The number of rotatable bonds is 5. The molecule has 94 valence electrons. The number of carbonyl (C=O) groups is 1. The van der Waals surface area contributed by atoms with Gasteiger partial charge in [0.25, 0.3) is 0 Å². The third-order valence-corrected chi connectivity index (χ3v) is 4.12. The summed E-state index contributed by atoms with van der Waals surface area (Å²) in [6.07, 6.45) is 4.33. The maximum Gasteiger partial charge on any atom is 0.226 e. The topological polar surface area (TPSA) is 54.0 Å². The van der Waals surface area contributed by atoms with Gasteiger partial charge in [0.2, 0.25) is 5.91 Å². The summed E-state index contributed by atoms with van der Waals surface area (Å²) >= 11 is 1.49. The smallest absolute Gasteiger partial charge is 0.226 e. The third-order valence-electron chi connectivity index (χ3n) is 3.34. The molecule has 1 fully saturated rings. The van der Waals surface area contributed by atoms with Crippen LogP contribution in [0.25, 0.3) is 0 Å². The maximum absolute atomic E-state index is 11.7. The van der Waals surface area contributed by atoms with E-state index in [1.165, 1.54) is 30.6 Å². The Bertz CT molecular complexity index is 387. The van der Waals surface area contributed by atoms with Gasteiger partial charge in [-0.3, -0.25) is 4.79 Å². The van der Waals surface area contributed by atoms with E-state index >= 15 is 0 Å². The summed E-state index contributed by atoms with van der Waals surface area (Å²) in [5, 5.41) is 8.71. The summed E-state index contributed by atoms with van der Waals surface area (Å²) in [5.74, 6) is 0.707. The van der Waals surface area contributed by atoms with E-state index in [9.17, 15) is 4.79 Å². The number of carbonyl (C=O) groups excluding carboxylic acids is 1. The van der Waals surface area contributed by atoms with Crippen molar-refractivity contribution < 1.29 is 4.79 Å². The van der Waals surface area contributed by atoms with E-state index in [1.54, 1.807) is 0 Å². The molecule has 1 aliphatic carbocycles. The van der Waals surface area contributed by atoms with Crippen LogP contribution < -0.4 is 10.6 Å². The normalized spacial score (nSPS) is 17.5. The van der Waals surface area contributed by atoms with Crippen molar-refractivity contribution in [2.75, 3.05) is 12.4 Å². The van der Waals surface area contributed by atoms with Gasteiger partial charge in [0.05, 0.1) is 5.69 Å². The van der Waals surface area contributed by atoms with Crippen LogP contribution in [0.1, 0.15) is 44.3 Å². The summed E-state index contributed by atoms with van der Waals surface area (Å²) in [7, 11) is 1.90. The molecule has 0 bridgehead atoms. The summed E-state index contributed by atoms with van der Waals surface area (Å²) in [6.45, 7) is 2.05. The van der Waals surface area contributed by atoms with Gasteiger partial charge >= 0.3 is 0 Å². The molecule has 1 unspecified atom stereocenters. The number of hydrogen-bond acceptors (Lipinski definition) is 4. The molecule has 1 amide bonds. The Morgan fingerprint density at radius 3 is 3.00 bits per heavy atom. The van der Waals surface area contributed by atoms with Crippen molar-refractivity contribution in [3.63, 3.8) is 0 Å². The van der Waals surface area contributed by atoms with Gasteiger partial charge in [0, 0.05) is 17.8 Å². The molecule has 1 aromatic rings. The first-order valence-corrected chi connectivity index (χ1v) is 6.99. The van der Waals surface area contributed by atoms with E-state index in [4.69, 9.17) is 0 Å². The van der Waals surface area contributed by atoms with Crippen molar-refractivity contribution in [3.05, 3.63) is 11.1 Å². The summed E-state index contributed by atoms with van der Waals surface area (Å²) in [6, 6.07) is 0.225. The Morgan fingerprint density at radius 1 is 1.65 bits per heavy atom. The third kappa shape index (κ3) is 3.26. The second kappa shape index (κ2) is 5.60. The van der Waals surface area contributed by atoms with Crippen LogP contribution in [0.3, 0.4) is 0 Å². The second-order valence-corrected chi connectivity index (χ2v) is 5.50. The highest BCUT2D eigenvalue weighted by molar-refractivity contribution is 7.13. The van der Waals surface area contributed by atoms with Gasteiger partial charge in [-0.2, -0.15) is 0 Å². The van der Waals surface area contributed by atoms with Crippen molar-refractivity contribution >= 4 is 22.4 Å². The number of hydrogen-bond donors (Lipinski definition) is 2. The Hall–Kier alpha value is -0.940. The molecule has 0 spiro atoms. The van der Waals surface area contributed by atoms with Gasteiger partial charge in [-0.15, -0.1) is 11.3 Å². The average Bonchev–Trinajstić information content (AvgIpc) is 2.71. The Kier molecular flexibility index (Phi) is 4.12. The molecule has 0 aromatic carbocycles. The molecular formula is C12H19N3OS. The van der Waals surface area contributed by atoms with Crippen LogP contribution in [-0.2, 0) is 4.79 Å². The largest absolute Gasteiger partial charge is 0.312 e. The van der Waals surface area contributed by atoms with Crippen LogP contribution in [0, 0.1) is 5.92 Å². The Labute approximate surface area is 106 Å². The van der Waals surface area contributed by atoms with E-state index < -0.39 is 0 Å². The quantitative estimate of drug-likeness (QED) is 0.848. The van der Waals surface area contributed by atoms with E-state index in [2.05, 4.69) is 22.5 Å². The summed E-state index contributed by atoms with van der Waals surface area (Å²) in [5.41, 5.74) is 0.983. The lowest BCUT2D eigenvalue weighted by atomic mass is 9.83. The first-order valence-electron chi connectivity index (χ1n) is 6.11. The van der Waals surface area contributed by atoms with Crippen LogP contribution in [-0.4, -0.2) is 17.9 Å². The molecule has 5 heteroatoms. The summed E-state index contributed by atoms with van der Waals surface area (Å²) < 4.78 is 0. The van der Waals surface area contributed by atoms with E-state index in [0.717, 1.165) is 5.69 Å². The zero-order valence-electron chi connectivity index (χ0n) is 10.3. The lowest BCUT2D eigenvalue weighted by Crippen LogP contribution is -2.21. The fourth-order valence-electron chi connectivity index (χ4n) is 1.82. The lowest BCUT2D eigenvalue weighted by molar-refractivity contribution is -0.117. The molecule has 2 rings (SSSR count). The zero-order chi connectivity index (χ0) is 12.3. The number of anilines is 1. The van der Waals surface area contributed by atoms with Gasteiger partial charge in [0.1, 0.15) is 0 Å². The maximum atomic E-state index is 11.7. The molecule has 4 nitrogen and oxygen atoms in total. The number of amides is 1. The minimum Gasteiger partial charge on any atom is -0.312 e. The van der Waals surface area contributed by atoms with E-state index in [0.29, 0.717) is 17.5 Å². The predicted molar refractivity (Wildman–Crippen MR) is 70.2 cm³/mol. The van der Waals surface area contributed by atoms with Gasteiger partial charge in [0.15, 0.2) is 5.13 Å². The fraction of sp³-hybridized carbons (Fsp3) is 0.667. The Balaban J connectivity index is 1.85. The van der Waals surface area contributed by atoms with Gasteiger partial charge in [-0.05, 0) is 32.7 Å². The number of thiazole rings is 1. The predicted octanol–water partition coefficient (Wildman–Crippen LogP) is 2.55. The van der Waals surface area contributed by atoms with Crippen molar-refractivity contribution in [2.24, 2.45) is 5.92 Å². The highest BCUT2D eigenvalue weighted by Crippen LogP contribution is 2.30. The zero-order valence-corrected chi connectivity index (χ0v) is 11.1. The lowest BCUT2D eigenvalue weighted by Gasteiger charge is -2.24. The monoisotopic (exact) mass is 253 g/mol. The van der Waals surface area contributed by atoms with Crippen LogP contribution >= 0.6 is 11.3 Å². The van der Waals surface area contributed by atoms with E-state index in [1.807, 2.05) is 12.4 Å². The van der Waals surface area contributed by atoms with Crippen LogP contribution in [0.5, 0.6) is 0 Å². The molecule has 17 heavy (non-hydrogen) atoms. The number of nitrogens with zero attached hydrogens (tertiary/aromatic N) is 1. The molecule has 0 aliphatic heterocycles. The minimum absolute atomic E-state index is 0.104. The van der Waals surface area contributed by atoms with Crippen molar-refractivity contribution in [1.29, 1.82) is 0 Å². The number of nitrogens with one attached hydrogen (secondary N) is 2. The molecule has 0 radical (unpaired) electrons. The van der Waals surface area contributed by atoms with Crippen LogP contribution in [0.4, 0.5) is 5.13 Å². The minimum atomic E-state index is 0.104. The van der Waals surface area contributed by atoms with Gasteiger partial charge in [-0.25, -0.2) is 4.98 Å². The first-order chi connectivity index (χ1) is 8.19. The van der Waals surface area contributed by atoms with E-state index in [-0.39, 0.29) is 11.9 Å². The highest BCUT2D eigenvalue weighted by atomic mass is 32.1. The average molecular weight is 253 g/mol. The fourth-order valence-corrected chi connectivity index (χ4v) is 2.64. The van der Waals surface area contributed by atoms with Crippen LogP contribution in [0.15, 0.2) is 5.38 Å². The van der Waals surface area contributed by atoms with Crippen molar-refractivity contribution in [3.8, 4) is 0 Å². The summed E-state index contributed by atoms with van der Waals surface area (Å²) in [4.78, 5) is 16.1. The second-order valence-electron chi connectivity index (χ2n) is 4.64. The molecule has 1 aromatic heterocycles. The molecule has 1 heterocycles. The molecule has 1 saturated carbocycles. The molecule has 1 aliphatic rings. The Morgan fingerprint density at radius 2 is 2.41 bits per heavy atom. The highest BCUT2D eigenvalue weighted by Gasteiger charge is 2.21. The van der Waals surface area contributed by atoms with Gasteiger partial charge in [-0.1, -0.05) is 6.42 Å². The SMILES string of the molecule is CNC(C)c1csc(NC(=O)CC2CCC2)n1. The van der Waals surface area contributed by atoms with Gasteiger partial charge < -0.3 is 10.6 Å². The van der Waals surface area contributed by atoms with Crippen molar-refractivity contribution in [1.82, 2.24) is 10.3 Å². The standard InChI is InChI=1S/C12H19N3OS/c1-8(13-2)10-7-17-12(14-10)15-11(16)6-9-4-3-5-9/h7-9,13H,3-6H2,1-2H3,(H,14,15,16).